The molecule has 2 nitrogen and oxygen atoms in total. The molecule has 14 heavy (non-hydrogen) atoms. The second-order valence-corrected chi connectivity index (χ2v) is 2.25. The maximum Gasteiger partial charge on any atom is 1.00 e. The maximum atomic E-state index is 12.6. The Balaban J connectivity index is 0. The van der Waals surface area contributed by atoms with Gasteiger partial charge in [-0.2, -0.15) is 0 Å². The van der Waals surface area contributed by atoms with E-state index in [0.717, 1.165) is 6.07 Å². The van der Waals surface area contributed by atoms with Crippen LogP contribution in [0.2, 0.25) is 0 Å². The second-order valence-electron chi connectivity index (χ2n) is 2.25. The van der Waals surface area contributed by atoms with E-state index in [1.165, 1.54) is 12.1 Å². The summed E-state index contributed by atoms with van der Waals surface area (Å²) in [5.74, 6) is -1.88. The first-order valence-corrected chi connectivity index (χ1v) is 4.09. The van der Waals surface area contributed by atoms with Gasteiger partial charge in [0.15, 0.2) is 0 Å². The number of aryl methyl sites for hydroxylation is 1. The van der Waals surface area contributed by atoms with Gasteiger partial charge in [-0.3, -0.25) is 0 Å². The van der Waals surface area contributed by atoms with Crippen molar-refractivity contribution in [1.29, 1.82) is 0 Å². The van der Waals surface area contributed by atoms with Crippen molar-refractivity contribution in [2.45, 2.75) is 20.8 Å². The zero-order chi connectivity index (χ0) is 10.4. The number of aromatic carboxylic acids is 1. The molecule has 0 amide bonds. The summed E-state index contributed by atoms with van der Waals surface area (Å²) in [4.78, 5) is 10.2. The third kappa shape index (κ3) is 4.74. The summed E-state index contributed by atoms with van der Waals surface area (Å²) in [7, 11) is 0. The average molecular weight is 206 g/mol. The van der Waals surface area contributed by atoms with Crippen LogP contribution in [0.25, 0.3) is 0 Å². The summed E-state index contributed by atoms with van der Waals surface area (Å²) in [5, 5.41) is 10.2. The number of benzene rings is 1. The Labute approximate surface area is 105 Å². The van der Waals surface area contributed by atoms with Crippen molar-refractivity contribution in [3.63, 3.8) is 0 Å². The SMILES string of the molecule is CC.Cc1ccc(C(=O)[O-])cc1F.[Na+]. The number of carboxylic acid groups (broad SMARTS) is 1. The standard InChI is InChI=1S/C8H7FO2.C2H6.Na/c1-5-2-3-6(8(10)11)4-7(5)9;1-2;/h2-4H,1H3,(H,10,11);1-2H3;/q;;+1/p-1. The molecule has 0 spiro atoms. The summed E-state index contributed by atoms with van der Waals surface area (Å²) in [6, 6.07) is 3.67. The van der Waals surface area contributed by atoms with Crippen LogP contribution in [0.5, 0.6) is 0 Å². The van der Waals surface area contributed by atoms with E-state index in [0.29, 0.717) is 5.56 Å². The van der Waals surface area contributed by atoms with Crippen LogP contribution >= 0.6 is 0 Å². The van der Waals surface area contributed by atoms with Gasteiger partial charge in [0.25, 0.3) is 0 Å². The molecule has 0 bridgehead atoms. The van der Waals surface area contributed by atoms with Crippen LogP contribution in [-0.2, 0) is 0 Å². The van der Waals surface area contributed by atoms with Crippen molar-refractivity contribution in [3.05, 3.63) is 35.1 Å². The summed E-state index contributed by atoms with van der Waals surface area (Å²) < 4.78 is 12.6. The fraction of sp³-hybridized carbons (Fsp3) is 0.300. The van der Waals surface area contributed by atoms with Crippen LogP contribution in [0.1, 0.15) is 29.8 Å². The average Bonchev–Trinajstić information content (AvgIpc) is 2.13. The number of hydrogen-bond donors (Lipinski definition) is 0. The van der Waals surface area contributed by atoms with E-state index in [9.17, 15) is 14.3 Å². The molecule has 0 aliphatic rings. The minimum Gasteiger partial charge on any atom is -0.545 e. The fourth-order valence-corrected chi connectivity index (χ4v) is 0.720. The topological polar surface area (TPSA) is 40.1 Å². The summed E-state index contributed by atoms with van der Waals surface area (Å²) in [5.41, 5.74) is 0.295. The molecule has 0 N–H and O–H groups in total. The minimum atomic E-state index is -1.36. The Morgan fingerprint density at radius 2 is 1.86 bits per heavy atom. The van der Waals surface area contributed by atoms with Gasteiger partial charge < -0.3 is 9.90 Å². The molecule has 1 aromatic rings. The van der Waals surface area contributed by atoms with E-state index < -0.39 is 11.8 Å². The number of carbonyl (C=O) groups is 1. The number of halogens is 1. The first kappa shape index (κ1) is 16.1. The first-order valence-electron chi connectivity index (χ1n) is 4.09. The third-order valence-corrected chi connectivity index (χ3v) is 1.41. The fourth-order valence-electron chi connectivity index (χ4n) is 0.720. The second kappa shape index (κ2) is 7.97. The van der Waals surface area contributed by atoms with Crippen molar-refractivity contribution in [1.82, 2.24) is 0 Å². The van der Waals surface area contributed by atoms with Gasteiger partial charge in [0, 0.05) is 5.56 Å². The van der Waals surface area contributed by atoms with Gasteiger partial charge in [0.1, 0.15) is 5.82 Å². The van der Waals surface area contributed by atoms with Crippen molar-refractivity contribution < 1.29 is 43.8 Å². The van der Waals surface area contributed by atoms with Crippen LogP contribution in [0.15, 0.2) is 18.2 Å². The number of carboxylic acids is 1. The molecule has 0 aliphatic heterocycles. The molecule has 1 aromatic carbocycles. The molecule has 0 fully saturated rings. The van der Waals surface area contributed by atoms with E-state index >= 15 is 0 Å². The predicted octanol–water partition coefficient (Wildman–Crippen LogP) is -1.47. The Morgan fingerprint density at radius 1 is 1.36 bits per heavy atom. The Bertz CT molecular complexity index is 300. The summed E-state index contributed by atoms with van der Waals surface area (Å²) >= 11 is 0. The van der Waals surface area contributed by atoms with Crippen molar-refractivity contribution in [2.24, 2.45) is 0 Å². The molecule has 1 rings (SSSR count). The molecule has 4 heteroatoms. The zero-order valence-electron chi connectivity index (χ0n) is 8.93. The quantitative estimate of drug-likeness (QED) is 0.526. The van der Waals surface area contributed by atoms with Crippen LogP contribution < -0.4 is 34.7 Å². The summed E-state index contributed by atoms with van der Waals surface area (Å²) in [6.07, 6.45) is 0. The predicted molar refractivity (Wildman–Crippen MR) is 46.8 cm³/mol. The van der Waals surface area contributed by atoms with Crippen molar-refractivity contribution in [2.75, 3.05) is 0 Å². The molecule has 0 aromatic heterocycles. The molecule has 0 heterocycles. The normalized spacial score (nSPS) is 8.00. The minimum absolute atomic E-state index is 0. The largest absolute Gasteiger partial charge is 1.00 e. The zero-order valence-corrected chi connectivity index (χ0v) is 10.9. The van der Waals surface area contributed by atoms with E-state index in [-0.39, 0.29) is 35.1 Å². The molecule has 0 aliphatic carbocycles. The van der Waals surface area contributed by atoms with Gasteiger partial charge in [0.2, 0.25) is 0 Å². The monoisotopic (exact) mass is 206 g/mol. The van der Waals surface area contributed by atoms with Gasteiger partial charge in [-0.1, -0.05) is 26.0 Å². The molecular formula is C10H12FNaO2. The number of rotatable bonds is 1. The van der Waals surface area contributed by atoms with Gasteiger partial charge in [-0.05, 0) is 18.6 Å². The Kier molecular flexibility index (Phi) is 9.15. The molecular weight excluding hydrogens is 194 g/mol. The van der Waals surface area contributed by atoms with E-state index in [2.05, 4.69) is 0 Å². The van der Waals surface area contributed by atoms with Gasteiger partial charge in [0.05, 0.1) is 5.97 Å². The molecule has 0 unspecified atom stereocenters. The Hall–Kier alpha value is -0.380. The molecule has 72 valence electrons. The van der Waals surface area contributed by atoms with Crippen LogP contribution in [-0.4, -0.2) is 5.97 Å². The number of hydrogen-bond acceptors (Lipinski definition) is 2. The van der Waals surface area contributed by atoms with Gasteiger partial charge >= 0.3 is 29.6 Å². The maximum absolute atomic E-state index is 12.6. The number of carbonyl (C=O) groups excluding carboxylic acids is 1. The smallest absolute Gasteiger partial charge is 0.545 e. The first-order chi connectivity index (χ1) is 6.11. The van der Waals surface area contributed by atoms with Crippen LogP contribution in [0, 0.1) is 12.7 Å². The molecule has 0 saturated carbocycles. The van der Waals surface area contributed by atoms with E-state index in [1.54, 1.807) is 6.92 Å². The third-order valence-electron chi connectivity index (χ3n) is 1.41. The Morgan fingerprint density at radius 3 is 2.21 bits per heavy atom. The molecule has 0 saturated heterocycles. The van der Waals surface area contributed by atoms with Gasteiger partial charge in [-0.25, -0.2) is 4.39 Å². The van der Waals surface area contributed by atoms with Crippen LogP contribution in [0.4, 0.5) is 4.39 Å². The molecule has 0 radical (unpaired) electrons. The van der Waals surface area contributed by atoms with E-state index in [4.69, 9.17) is 0 Å². The van der Waals surface area contributed by atoms with Crippen LogP contribution in [0.3, 0.4) is 0 Å². The summed E-state index contributed by atoms with van der Waals surface area (Å²) in [6.45, 7) is 5.56. The van der Waals surface area contributed by atoms with Crippen molar-refractivity contribution >= 4 is 5.97 Å². The van der Waals surface area contributed by atoms with Crippen molar-refractivity contribution in [3.8, 4) is 0 Å². The van der Waals surface area contributed by atoms with E-state index in [1.807, 2.05) is 13.8 Å². The molecule has 0 atom stereocenters. The van der Waals surface area contributed by atoms with Gasteiger partial charge in [-0.15, -0.1) is 0 Å².